The molecular weight excluding hydrogens is 260 g/mol. The van der Waals surface area contributed by atoms with E-state index < -0.39 is 0 Å². The van der Waals surface area contributed by atoms with Crippen LogP contribution in [0, 0.1) is 0 Å². The fraction of sp³-hybridized carbons (Fsp3) is 0.647. The largest absolute Gasteiger partial charge is 0.330 e. The summed E-state index contributed by atoms with van der Waals surface area (Å²) in [6.07, 6.45) is 2.08. The summed E-state index contributed by atoms with van der Waals surface area (Å²) in [5.74, 6) is 0. The first-order valence-electron chi connectivity index (χ1n) is 8.17. The third kappa shape index (κ3) is 8.83. The van der Waals surface area contributed by atoms with Crippen LogP contribution in [0.2, 0.25) is 0 Å². The molecule has 0 saturated carbocycles. The minimum Gasteiger partial charge on any atom is -0.330 e. The predicted octanol–water partition coefficient (Wildman–Crippen LogP) is 1.12. The Balaban J connectivity index is 2.41. The number of nitrogens with two attached hydrogens (primary N) is 1. The fourth-order valence-electron chi connectivity index (χ4n) is 2.38. The van der Waals surface area contributed by atoms with Crippen LogP contribution in [0.15, 0.2) is 30.3 Å². The molecule has 5 N–H and O–H groups in total. The quantitative estimate of drug-likeness (QED) is 0.436. The minimum atomic E-state index is 0.450. The first-order valence-corrected chi connectivity index (χ1v) is 8.17. The molecule has 0 saturated heterocycles. The predicted molar refractivity (Wildman–Crippen MR) is 91.6 cm³/mol. The molecule has 0 bridgehead atoms. The summed E-state index contributed by atoms with van der Waals surface area (Å²) in [6, 6.07) is 11.6. The summed E-state index contributed by atoms with van der Waals surface area (Å²) >= 11 is 0. The standard InChI is InChI=1S/C17H32N4/c1-3-20-15(2)13-21-17(14-19-11-7-10-18)12-16-8-5-4-6-9-16/h4-6,8-9,15,17,19-21H,3,7,10-14,18H2,1-2H3/t15-,17-/m1/s1. The van der Waals surface area contributed by atoms with E-state index in [-0.39, 0.29) is 0 Å². The van der Waals surface area contributed by atoms with Crippen LogP contribution in [0.5, 0.6) is 0 Å². The lowest BCUT2D eigenvalue weighted by Crippen LogP contribution is -2.46. The van der Waals surface area contributed by atoms with Crippen LogP contribution in [0.4, 0.5) is 0 Å². The lowest BCUT2D eigenvalue weighted by Gasteiger charge is -2.22. The molecule has 1 aromatic carbocycles. The van der Waals surface area contributed by atoms with Gasteiger partial charge in [0.2, 0.25) is 0 Å². The fourth-order valence-corrected chi connectivity index (χ4v) is 2.38. The molecule has 4 heteroatoms. The first-order chi connectivity index (χ1) is 10.3. The Labute approximate surface area is 129 Å². The summed E-state index contributed by atoms with van der Waals surface area (Å²) in [6.45, 7) is 9.09. The van der Waals surface area contributed by atoms with Gasteiger partial charge in [-0.2, -0.15) is 0 Å². The molecule has 120 valence electrons. The van der Waals surface area contributed by atoms with Gasteiger partial charge < -0.3 is 21.7 Å². The van der Waals surface area contributed by atoms with Crippen LogP contribution < -0.4 is 21.7 Å². The second kappa shape index (κ2) is 11.7. The zero-order valence-electron chi connectivity index (χ0n) is 13.6. The van der Waals surface area contributed by atoms with E-state index in [9.17, 15) is 0 Å². The number of likely N-dealkylation sites (N-methyl/N-ethyl adjacent to an activating group) is 1. The van der Waals surface area contributed by atoms with Crippen molar-refractivity contribution in [2.24, 2.45) is 5.73 Å². The van der Waals surface area contributed by atoms with Crippen LogP contribution in [0.25, 0.3) is 0 Å². The van der Waals surface area contributed by atoms with E-state index in [1.54, 1.807) is 0 Å². The van der Waals surface area contributed by atoms with E-state index in [0.29, 0.717) is 12.1 Å². The molecule has 1 aromatic rings. The summed E-state index contributed by atoms with van der Waals surface area (Å²) in [5, 5.41) is 10.6. The molecule has 0 aliphatic carbocycles. The normalized spacial score (nSPS) is 14.0. The van der Waals surface area contributed by atoms with Crippen molar-refractivity contribution in [3.8, 4) is 0 Å². The van der Waals surface area contributed by atoms with Gasteiger partial charge in [0.05, 0.1) is 0 Å². The highest BCUT2D eigenvalue weighted by Crippen LogP contribution is 2.03. The van der Waals surface area contributed by atoms with Crippen LogP contribution in [0.3, 0.4) is 0 Å². The third-order valence-corrected chi connectivity index (χ3v) is 3.54. The number of nitrogens with one attached hydrogen (secondary N) is 3. The monoisotopic (exact) mass is 292 g/mol. The second-order valence-electron chi connectivity index (χ2n) is 5.60. The molecule has 0 amide bonds. The average Bonchev–Trinajstić information content (AvgIpc) is 2.50. The lowest BCUT2D eigenvalue weighted by molar-refractivity contribution is 0.429. The van der Waals surface area contributed by atoms with E-state index >= 15 is 0 Å². The summed E-state index contributed by atoms with van der Waals surface area (Å²) in [5.41, 5.74) is 6.92. The minimum absolute atomic E-state index is 0.450. The second-order valence-corrected chi connectivity index (χ2v) is 5.60. The Hall–Kier alpha value is -0.940. The van der Waals surface area contributed by atoms with Gasteiger partial charge in [-0.1, -0.05) is 37.3 Å². The maximum Gasteiger partial charge on any atom is 0.0233 e. The SMILES string of the molecule is CCN[C@H](C)CN[C@@H](CNCCCN)Cc1ccccc1. The van der Waals surface area contributed by atoms with Gasteiger partial charge >= 0.3 is 0 Å². The van der Waals surface area contributed by atoms with Gasteiger partial charge in [0.15, 0.2) is 0 Å². The van der Waals surface area contributed by atoms with Crippen LogP contribution in [-0.4, -0.2) is 44.8 Å². The molecule has 2 atom stereocenters. The summed E-state index contributed by atoms with van der Waals surface area (Å²) in [7, 11) is 0. The zero-order valence-corrected chi connectivity index (χ0v) is 13.6. The summed E-state index contributed by atoms with van der Waals surface area (Å²) < 4.78 is 0. The van der Waals surface area contributed by atoms with Gasteiger partial charge in [0.1, 0.15) is 0 Å². The summed E-state index contributed by atoms with van der Waals surface area (Å²) in [4.78, 5) is 0. The van der Waals surface area contributed by atoms with E-state index in [1.807, 2.05) is 0 Å². The van der Waals surface area contributed by atoms with Crippen LogP contribution >= 0.6 is 0 Å². The molecule has 0 aliphatic heterocycles. The van der Waals surface area contributed by atoms with Crippen LogP contribution in [0.1, 0.15) is 25.8 Å². The number of hydrogen-bond donors (Lipinski definition) is 4. The lowest BCUT2D eigenvalue weighted by atomic mass is 10.1. The maximum absolute atomic E-state index is 5.54. The van der Waals surface area contributed by atoms with Crippen molar-refractivity contribution >= 4 is 0 Å². The van der Waals surface area contributed by atoms with Crippen molar-refractivity contribution in [1.82, 2.24) is 16.0 Å². The third-order valence-electron chi connectivity index (χ3n) is 3.54. The highest BCUT2D eigenvalue weighted by atomic mass is 15.0. The van der Waals surface area contributed by atoms with E-state index in [2.05, 4.69) is 60.1 Å². The molecule has 0 spiro atoms. The van der Waals surface area contributed by atoms with E-state index in [4.69, 9.17) is 5.73 Å². The highest BCUT2D eigenvalue weighted by Gasteiger charge is 2.10. The molecule has 4 nitrogen and oxygen atoms in total. The number of rotatable bonds is 12. The van der Waals surface area contributed by atoms with Gasteiger partial charge in [-0.3, -0.25) is 0 Å². The Morgan fingerprint density at radius 2 is 1.86 bits per heavy atom. The maximum atomic E-state index is 5.54. The van der Waals surface area contributed by atoms with Crippen molar-refractivity contribution in [1.29, 1.82) is 0 Å². The molecule has 0 heterocycles. The zero-order chi connectivity index (χ0) is 15.3. The molecule has 0 fully saturated rings. The molecule has 0 radical (unpaired) electrons. The average molecular weight is 292 g/mol. The van der Waals surface area contributed by atoms with Crippen molar-refractivity contribution < 1.29 is 0 Å². The molecule has 21 heavy (non-hydrogen) atoms. The molecule has 1 rings (SSSR count). The van der Waals surface area contributed by atoms with Crippen molar-refractivity contribution in [2.45, 2.75) is 38.8 Å². The topological polar surface area (TPSA) is 62.1 Å². The van der Waals surface area contributed by atoms with Crippen molar-refractivity contribution in [3.63, 3.8) is 0 Å². The van der Waals surface area contributed by atoms with Crippen LogP contribution in [-0.2, 0) is 6.42 Å². The molecular formula is C17H32N4. The first kappa shape index (κ1) is 18.1. The Bertz CT molecular complexity index is 342. The van der Waals surface area contributed by atoms with Gasteiger partial charge in [0, 0.05) is 25.2 Å². The number of benzene rings is 1. The molecule has 0 unspecified atom stereocenters. The van der Waals surface area contributed by atoms with Gasteiger partial charge in [-0.05, 0) is 45.0 Å². The van der Waals surface area contributed by atoms with Crippen molar-refractivity contribution in [3.05, 3.63) is 35.9 Å². The van der Waals surface area contributed by atoms with E-state index in [0.717, 1.165) is 45.6 Å². The smallest absolute Gasteiger partial charge is 0.0233 e. The number of hydrogen-bond acceptors (Lipinski definition) is 4. The highest BCUT2D eigenvalue weighted by molar-refractivity contribution is 5.16. The Morgan fingerprint density at radius 3 is 2.52 bits per heavy atom. The molecule has 0 aromatic heterocycles. The Kier molecular flexibility index (Phi) is 10.1. The Morgan fingerprint density at radius 1 is 1.10 bits per heavy atom. The van der Waals surface area contributed by atoms with E-state index in [1.165, 1.54) is 5.56 Å². The van der Waals surface area contributed by atoms with Gasteiger partial charge in [0.25, 0.3) is 0 Å². The van der Waals surface area contributed by atoms with Gasteiger partial charge in [-0.25, -0.2) is 0 Å². The van der Waals surface area contributed by atoms with Crippen molar-refractivity contribution in [2.75, 3.05) is 32.7 Å². The molecule has 0 aliphatic rings. The van der Waals surface area contributed by atoms with Gasteiger partial charge in [-0.15, -0.1) is 0 Å².